The fourth-order valence-electron chi connectivity index (χ4n) is 2.77. The molecule has 1 heterocycles. The molecule has 25 heavy (non-hydrogen) atoms. The maximum atomic E-state index is 12.7. The number of carbonyl (C=O) groups is 2. The molecule has 2 aromatic rings. The molecule has 1 atom stereocenters. The first kappa shape index (κ1) is 17.5. The third-order valence-electron chi connectivity index (χ3n) is 4.15. The van der Waals surface area contributed by atoms with Crippen molar-refractivity contribution in [3.63, 3.8) is 0 Å². The molecule has 1 aliphatic rings. The highest BCUT2D eigenvalue weighted by Crippen LogP contribution is 2.37. The predicted octanol–water partition coefficient (Wildman–Crippen LogP) is 4.19. The zero-order chi connectivity index (χ0) is 17.8. The average Bonchev–Trinajstić information content (AvgIpc) is 2.78. The minimum Gasteiger partial charge on any atom is -0.484 e. The summed E-state index contributed by atoms with van der Waals surface area (Å²) in [6, 6.07) is 14.9. The van der Waals surface area contributed by atoms with Crippen molar-refractivity contribution in [1.29, 1.82) is 0 Å². The van der Waals surface area contributed by atoms with Crippen molar-refractivity contribution in [2.45, 2.75) is 30.4 Å². The van der Waals surface area contributed by atoms with E-state index >= 15 is 0 Å². The van der Waals surface area contributed by atoms with Gasteiger partial charge in [0.1, 0.15) is 5.75 Å². The average molecular weight is 355 g/mol. The molecule has 3 rings (SSSR count). The Bertz CT molecular complexity index is 790. The molecule has 5 heteroatoms. The second-order valence-electron chi connectivity index (χ2n) is 6.10. The molecule has 0 aromatic heterocycles. The molecule has 0 unspecified atom stereocenters. The van der Waals surface area contributed by atoms with Crippen LogP contribution in [-0.4, -0.2) is 30.1 Å². The highest BCUT2D eigenvalue weighted by atomic mass is 32.2. The van der Waals surface area contributed by atoms with Gasteiger partial charge < -0.3 is 9.64 Å². The molecule has 0 saturated heterocycles. The molecule has 0 N–H and O–H groups in total. The van der Waals surface area contributed by atoms with Gasteiger partial charge in [0, 0.05) is 22.3 Å². The Balaban J connectivity index is 1.73. The number of ether oxygens (including phenoxy) is 1. The van der Waals surface area contributed by atoms with Gasteiger partial charge in [-0.2, -0.15) is 0 Å². The number of rotatable bonds is 4. The molecule has 0 fully saturated rings. The molecule has 0 radical (unpaired) electrons. The van der Waals surface area contributed by atoms with Crippen LogP contribution in [0.15, 0.2) is 53.4 Å². The summed E-state index contributed by atoms with van der Waals surface area (Å²) in [6.45, 7) is 4.33. The fourth-order valence-corrected chi connectivity index (χ4v) is 3.89. The van der Waals surface area contributed by atoms with Gasteiger partial charge in [0.2, 0.25) is 0 Å². The second kappa shape index (κ2) is 7.74. The Morgan fingerprint density at radius 2 is 2.00 bits per heavy atom. The minimum absolute atomic E-state index is 0.0239. The lowest BCUT2D eigenvalue weighted by Crippen LogP contribution is -2.36. The number of hydrogen-bond acceptors (Lipinski definition) is 4. The molecule has 0 bridgehead atoms. The Labute approximate surface area is 152 Å². The van der Waals surface area contributed by atoms with E-state index in [9.17, 15) is 9.59 Å². The molecular formula is C20H21NO3S. The number of fused-ring (bicyclic) bond motifs is 1. The number of thioether (sulfide) groups is 1. The number of hydrogen-bond donors (Lipinski definition) is 0. The monoisotopic (exact) mass is 355 g/mol. The van der Waals surface area contributed by atoms with Gasteiger partial charge in [-0.3, -0.25) is 9.59 Å². The first-order chi connectivity index (χ1) is 12.0. The molecule has 0 aliphatic carbocycles. The van der Waals surface area contributed by atoms with Crippen molar-refractivity contribution in [2.24, 2.45) is 0 Å². The summed E-state index contributed by atoms with van der Waals surface area (Å²) in [5.74, 6) is 0.437. The third-order valence-corrected chi connectivity index (χ3v) is 5.38. The highest BCUT2D eigenvalue weighted by molar-refractivity contribution is 8.00. The fraction of sp³-hybridized carbons (Fsp3) is 0.300. The largest absolute Gasteiger partial charge is 0.484 e. The second-order valence-corrected chi connectivity index (χ2v) is 7.58. The highest BCUT2D eigenvalue weighted by Gasteiger charge is 2.24. The van der Waals surface area contributed by atoms with E-state index in [1.807, 2.05) is 18.2 Å². The number of carbonyl (C=O) groups excluding carboxylic acids is 2. The van der Waals surface area contributed by atoms with E-state index in [1.54, 1.807) is 40.9 Å². The quantitative estimate of drug-likeness (QED) is 0.772. The van der Waals surface area contributed by atoms with Gasteiger partial charge in [0.25, 0.3) is 5.91 Å². The van der Waals surface area contributed by atoms with Crippen molar-refractivity contribution in [2.75, 3.05) is 18.1 Å². The summed E-state index contributed by atoms with van der Waals surface area (Å²) in [7, 11) is 0. The third kappa shape index (κ3) is 4.23. The van der Waals surface area contributed by atoms with Gasteiger partial charge in [-0.15, -0.1) is 11.8 Å². The van der Waals surface area contributed by atoms with Gasteiger partial charge in [0.05, 0.1) is 5.69 Å². The first-order valence-electron chi connectivity index (χ1n) is 8.34. The first-order valence-corrected chi connectivity index (χ1v) is 9.22. The van der Waals surface area contributed by atoms with Crippen LogP contribution in [0, 0.1) is 0 Å². The molecule has 0 saturated carbocycles. The zero-order valence-electron chi connectivity index (χ0n) is 14.4. The predicted molar refractivity (Wildman–Crippen MR) is 101 cm³/mol. The molecule has 0 spiro atoms. The SMILES string of the molecule is CC(=O)c1cccc(OCC(=O)N2CC[C@@H](C)Sc3ccccc32)c1. The van der Waals surface area contributed by atoms with Crippen LogP contribution in [0.4, 0.5) is 5.69 Å². The van der Waals surface area contributed by atoms with Crippen molar-refractivity contribution in [3.8, 4) is 5.75 Å². The van der Waals surface area contributed by atoms with Crippen LogP contribution in [0.2, 0.25) is 0 Å². The summed E-state index contributed by atoms with van der Waals surface area (Å²) in [5, 5.41) is 0.465. The van der Waals surface area contributed by atoms with E-state index < -0.39 is 0 Å². The van der Waals surface area contributed by atoms with E-state index in [4.69, 9.17) is 4.74 Å². The lowest BCUT2D eigenvalue weighted by molar-refractivity contribution is -0.120. The Morgan fingerprint density at radius 1 is 1.20 bits per heavy atom. The number of ketones is 1. The van der Waals surface area contributed by atoms with Crippen molar-refractivity contribution < 1.29 is 14.3 Å². The van der Waals surface area contributed by atoms with Crippen LogP contribution < -0.4 is 9.64 Å². The van der Waals surface area contributed by atoms with Crippen LogP contribution in [0.5, 0.6) is 5.75 Å². The van der Waals surface area contributed by atoms with Crippen LogP contribution in [0.3, 0.4) is 0 Å². The molecule has 4 nitrogen and oxygen atoms in total. The molecular weight excluding hydrogens is 334 g/mol. The molecule has 1 aliphatic heterocycles. The Kier molecular flexibility index (Phi) is 5.43. The van der Waals surface area contributed by atoms with Crippen molar-refractivity contribution in [3.05, 3.63) is 54.1 Å². The topological polar surface area (TPSA) is 46.6 Å². The molecule has 2 aromatic carbocycles. The summed E-state index contributed by atoms with van der Waals surface area (Å²) in [6.07, 6.45) is 0.935. The number of Topliss-reactive ketones (excluding diaryl/α,β-unsaturated/α-hetero) is 1. The van der Waals surface area contributed by atoms with Crippen molar-refractivity contribution in [1.82, 2.24) is 0 Å². The number of amides is 1. The Morgan fingerprint density at radius 3 is 2.80 bits per heavy atom. The standard InChI is InChI=1S/C20H21NO3S/c1-14-10-11-21(18-8-3-4-9-19(18)25-14)20(23)13-24-17-7-5-6-16(12-17)15(2)22/h3-9,12,14H,10-11,13H2,1-2H3/t14-/m1/s1. The summed E-state index contributed by atoms with van der Waals surface area (Å²) in [4.78, 5) is 27.1. The van der Waals surface area contributed by atoms with Crippen molar-refractivity contribution >= 4 is 29.1 Å². The van der Waals surface area contributed by atoms with Crippen LogP contribution in [-0.2, 0) is 4.79 Å². The lowest BCUT2D eigenvalue weighted by Gasteiger charge is -2.22. The normalized spacial score (nSPS) is 16.7. The molecule has 1 amide bonds. The van der Waals surface area contributed by atoms with E-state index in [0.717, 1.165) is 17.0 Å². The number of para-hydroxylation sites is 1. The number of nitrogens with zero attached hydrogens (tertiary/aromatic N) is 1. The van der Waals surface area contributed by atoms with Gasteiger partial charge in [-0.05, 0) is 37.6 Å². The summed E-state index contributed by atoms with van der Waals surface area (Å²) < 4.78 is 5.64. The van der Waals surface area contributed by atoms with E-state index in [-0.39, 0.29) is 18.3 Å². The zero-order valence-corrected chi connectivity index (χ0v) is 15.2. The smallest absolute Gasteiger partial charge is 0.264 e. The summed E-state index contributed by atoms with van der Waals surface area (Å²) >= 11 is 1.80. The minimum atomic E-state index is -0.0737. The van der Waals surface area contributed by atoms with E-state index in [1.165, 1.54) is 6.92 Å². The molecule has 130 valence electrons. The van der Waals surface area contributed by atoms with Gasteiger partial charge >= 0.3 is 0 Å². The van der Waals surface area contributed by atoms with Gasteiger partial charge in [-0.1, -0.05) is 31.2 Å². The maximum absolute atomic E-state index is 12.7. The lowest BCUT2D eigenvalue weighted by atomic mass is 10.1. The van der Waals surface area contributed by atoms with Crippen LogP contribution in [0.25, 0.3) is 0 Å². The van der Waals surface area contributed by atoms with E-state index in [2.05, 4.69) is 13.0 Å². The van der Waals surface area contributed by atoms with Gasteiger partial charge in [-0.25, -0.2) is 0 Å². The summed E-state index contributed by atoms with van der Waals surface area (Å²) in [5.41, 5.74) is 1.53. The maximum Gasteiger partial charge on any atom is 0.264 e. The number of anilines is 1. The van der Waals surface area contributed by atoms with Gasteiger partial charge in [0.15, 0.2) is 12.4 Å². The Hall–Kier alpha value is -2.27. The van der Waals surface area contributed by atoms with Crippen LogP contribution in [0.1, 0.15) is 30.6 Å². The van der Waals surface area contributed by atoms with Crippen LogP contribution >= 0.6 is 11.8 Å². The van der Waals surface area contributed by atoms with E-state index in [0.29, 0.717) is 23.1 Å². The number of benzene rings is 2.